The fraction of sp³-hybridized carbons (Fsp3) is 0.438. The van der Waals surface area contributed by atoms with Crippen molar-refractivity contribution in [2.75, 3.05) is 18.5 Å². The first kappa shape index (κ1) is 14.6. The van der Waals surface area contributed by atoms with Crippen LogP contribution >= 0.6 is 0 Å². The summed E-state index contributed by atoms with van der Waals surface area (Å²) in [5, 5.41) is 2.95. The number of amides is 1. The van der Waals surface area contributed by atoms with E-state index in [1.165, 1.54) is 0 Å². The van der Waals surface area contributed by atoms with Crippen molar-refractivity contribution >= 4 is 11.6 Å². The molecule has 0 radical (unpaired) electrons. The van der Waals surface area contributed by atoms with E-state index in [4.69, 9.17) is 10.5 Å². The number of nitrogens with two attached hydrogens (primary N) is 1. The van der Waals surface area contributed by atoms with Gasteiger partial charge in [-0.05, 0) is 44.4 Å². The highest BCUT2D eigenvalue weighted by molar-refractivity contribution is 5.97. The predicted octanol–water partition coefficient (Wildman–Crippen LogP) is 1.81. The molecule has 1 amide bonds. The van der Waals surface area contributed by atoms with Gasteiger partial charge in [-0.2, -0.15) is 0 Å². The molecule has 4 nitrogen and oxygen atoms in total. The lowest BCUT2D eigenvalue weighted by Gasteiger charge is -2.22. The molecule has 1 aliphatic heterocycles. The third-order valence-corrected chi connectivity index (χ3v) is 3.52. The number of hydrogen-bond acceptors (Lipinski definition) is 3. The second-order valence-electron chi connectivity index (χ2n) is 5.17. The minimum absolute atomic E-state index is 0.0953. The summed E-state index contributed by atoms with van der Waals surface area (Å²) >= 11 is 0. The molecular weight excluding hydrogens is 252 g/mol. The van der Waals surface area contributed by atoms with Crippen LogP contribution in [0.25, 0.3) is 0 Å². The van der Waals surface area contributed by atoms with Crippen LogP contribution in [0.4, 0.5) is 5.69 Å². The van der Waals surface area contributed by atoms with Crippen LogP contribution in [0, 0.1) is 18.8 Å². The molecule has 1 aliphatic rings. The normalized spacial score (nSPS) is 21.1. The van der Waals surface area contributed by atoms with Gasteiger partial charge in [0.1, 0.15) is 5.60 Å². The zero-order chi connectivity index (χ0) is 14.6. The molecule has 2 rings (SSSR count). The van der Waals surface area contributed by atoms with Crippen molar-refractivity contribution in [1.82, 2.24) is 0 Å². The van der Waals surface area contributed by atoms with Crippen LogP contribution < -0.4 is 11.1 Å². The first-order valence-corrected chi connectivity index (χ1v) is 6.80. The maximum Gasteiger partial charge on any atom is 0.256 e. The number of aryl methyl sites for hydroxylation is 1. The largest absolute Gasteiger partial charge is 0.365 e. The average molecular weight is 272 g/mol. The Balaban J connectivity index is 2.18. The van der Waals surface area contributed by atoms with Gasteiger partial charge in [-0.3, -0.25) is 4.79 Å². The van der Waals surface area contributed by atoms with Crippen molar-refractivity contribution in [2.45, 2.75) is 32.3 Å². The lowest BCUT2D eigenvalue weighted by molar-refractivity contribution is -0.133. The van der Waals surface area contributed by atoms with E-state index in [2.05, 4.69) is 17.2 Å². The summed E-state index contributed by atoms with van der Waals surface area (Å²) in [6.07, 6.45) is 1.68. The number of nitrogens with one attached hydrogen (secondary N) is 1. The van der Waals surface area contributed by atoms with Crippen LogP contribution in [0.2, 0.25) is 0 Å². The number of ether oxygens (including phenoxy) is 1. The first-order chi connectivity index (χ1) is 9.55. The first-order valence-electron chi connectivity index (χ1n) is 6.80. The molecule has 0 aliphatic carbocycles. The molecule has 0 spiro atoms. The number of rotatable bonds is 2. The third-order valence-electron chi connectivity index (χ3n) is 3.52. The maximum absolute atomic E-state index is 12.3. The summed E-state index contributed by atoms with van der Waals surface area (Å²) in [6, 6.07) is 5.73. The molecule has 0 bridgehead atoms. The molecule has 1 fully saturated rings. The molecule has 3 N–H and O–H groups in total. The van der Waals surface area contributed by atoms with Gasteiger partial charge in [0.15, 0.2) is 0 Å². The van der Waals surface area contributed by atoms with Gasteiger partial charge < -0.3 is 15.8 Å². The third kappa shape index (κ3) is 3.19. The number of anilines is 1. The Morgan fingerprint density at radius 2 is 2.35 bits per heavy atom. The SMILES string of the molecule is Cc1ccc(C#CCN)cc1NC(=O)C1(C)CCCO1. The Hall–Kier alpha value is -1.83. The monoisotopic (exact) mass is 272 g/mol. The van der Waals surface area contributed by atoms with Crippen LogP contribution in [-0.2, 0) is 9.53 Å². The second kappa shape index (κ2) is 6.08. The van der Waals surface area contributed by atoms with E-state index >= 15 is 0 Å². The minimum atomic E-state index is -0.717. The van der Waals surface area contributed by atoms with E-state index in [-0.39, 0.29) is 5.91 Å². The Morgan fingerprint density at radius 3 is 3.00 bits per heavy atom. The molecule has 1 atom stereocenters. The lowest BCUT2D eigenvalue weighted by atomic mass is 10.0. The molecule has 106 valence electrons. The number of carbonyl (C=O) groups excluding carboxylic acids is 1. The summed E-state index contributed by atoms with van der Waals surface area (Å²) in [6.45, 7) is 4.75. The summed E-state index contributed by atoms with van der Waals surface area (Å²) in [5.74, 6) is 5.68. The molecule has 1 aromatic rings. The van der Waals surface area contributed by atoms with Gasteiger partial charge in [0.2, 0.25) is 0 Å². The molecule has 1 aromatic carbocycles. The van der Waals surface area contributed by atoms with Crippen molar-refractivity contribution in [2.24, 2.45) is 5.73 Å². The maximum atomic E-state index is 12.3. The number of hydrogen-bond donors (Lipinski definition) is 2. The summed E-state index contributed by atoms with van der Waals surface area (Å²) in [4.78, 5) is 12.3. The summed E-state index contributed by atoms with van der Waals surface area (Å²) in [7, 11) is 0. The van der Waals surface area contributed by atoms with Crippen molar-refractivity contribution in [1.29, 1.82) is 0 Å². The van der Waals surface area contributed by atoms with Gasteiger partial charge >= 0.3 is 0 Å². The highest BCUT2D eigenvalue weighted by Crippen LogP contribution is 2.27. The van der Waals surface area contributed by atoms with Crippen molar-refractivity contribution in [3.8, 4) is 11.8 Å². The Kier molecular flexibility index (Phi) is 4.43. The summed E-state index contributed by atoms with van der Waals surface area (Å²) < 4.78 is 5.55. The molecule has 0 saturated carbocycles. The van der Waals surface area contributed by atoms with E-state index in [1.807, 2.05) is 32.0 Å². The van der Waals surface area contributed by atoms with Gasteiger partial charge in [-0.15, -0.1) is 0 Å². The van der Waals surface area contributed by atoms with E-state index in [9.17, 15) is 4.79 Å². The number of benzene rings is 1. The van der Waals surface area contributed by atoms with E-state index in [0.29, 0.717) is 13.2 Å². The number of carbonyl (C=O) groups is 1. The molecule has 1 unspecified atom stereocenters. The van der Waals surface area contributed by atoms with Crippen LogP contribution in [0.1, 0.15) is 30.9 Å². The predicted molar refractivity (Wildman–Crippen MR) is 79.3 cm³/mol. The highest BCUT2D eigenvalue weighted by atomic mass is 16.5. The highest BCUT2D eigenvalue weighted by Gasteiger charge is 2.37. The van der Waals surface area contributed by atoms with Gasteiger partial charge in [-0.1, -0.05) is 17.9 Å². The Bertz CT molecular complexity index is 564. The van der Waals surface area contributed by atoms with Crippen LogP contribution in [0.3, 0.4) is 0 Å². The minimum Gasteiger partial charge on any atom is -0.365 e. The van der Waals surface area contributed by atoms with Gasteiger partial charge in [0.05, 0.1) is 6.54 Å². The molecule has 0 aromatic heterocycles. The van der Waals surface area contributed by atoms with Gasteiger partial charge in [0, 0.05) is 17.9 Å². The van der Waals surface area contributed by atoms with E-state index < -0.39 is 5.60 Å². The molecule has 1 heterocycles. The van der Waals surface area contributed by atoms with Gasteiger partial charge in [0.25, 0.3) is 5.91 Å². The standard InChI is InChI=1S/C16H20N2O2/c1-12-6-7-13(5-3-9-17)11-14(12)18-15(19)16(2)8-4-10-20-16/h6-7,11H,4,8-10,17H2,1-2H3,(H,18,19). The quantitative estimate of drug-likeness (QED) is 0.807. The van der Waals surface area contributed by atoms with Crippen molar-refractivity contribution < 1.29 is 9.53 Å². The molecule has 20 heavy (non-hydrogen) atoms. The van der Waals surface area contributed by atoms with Crippen LogP contribution in [0.5, 0.6) is 0 Å². The van der Waals surface area contributed by atoms with Crippen LogP contribution in [-0.4, -0.2) is 24.7 Å². The van der Waals surface area contributed by atoms with E-state index in [1.54, 1.807) is 0 Å². The lowest BCUT2D eigenvalue weighted by Crippen LogP contribution is -2.39. The smallest absolute Gasteiger partial charge is 0.256 e. The topological polar surface area (TPSA) is 64.3 Å². The van der Waals surface area contributed by atoms with Crippen molar-refractivity contribution in [3.05, 3.63) is 29.3 Å². The van der Waals surface area contributed by atoms with Crippen molar-refractivity contribution in [3.63, 3.8) is 0 Å². The fourth-order valence-corrected chi connectivity index (χ4v) is 2.20. The Morgan fingerprint density at radius 1 is 1.55 bits per heavy atom. The molecule has 1 saturated heterocycles. The van der Waals surface area contributed by atoms with Crippen LogP contribution in [0.15, 0.2) is 18.2 Å². The fourth-order valence-electron chi connectivity index (χ4n) is 2.20. The Labute approximate surface area is 119 Å². The van der Waals surface area contributed by atoms with E-state index in [0.717, 1.165) is 29.7 Å². The summed E-state index contributed by atoms with van der Waals surface area (Å²) in [5.41, 5.74) is 7.26. The average Bonchev–Trinajstić information content (AvgIpc) is 2.88. The zero-order valence-corrected chi connectivity index (χ0v) is 12.0. The zero-order valence-electron chi connectivity index (χ0n) is 12.0. The molecular formula is C16H20N2O2. The second-order valence-corrected chi connectivity index (χ2v) is 5.17. The molecule has 4 heteroatoms. The van der Waals surface area contributed by atoms with Gasteiger partial charge in [-0.25, -0.2) is 0 Å².